The van der Waals surface area contributed by atoms with Crippen LogP contribution in [0.2, 0.25) is 0 Å². The Labute approximate surface area is 101 Å². The van der Waals surface area contributed by atoms with Crippen LogP contribution in [0.3, 0.4) is 0 Å². The lowest BCUT2D eigenvalue weighted by Gasteiger charge is -2.23. The predicted molar refractivity (Wildman–Crippen MR) is 64.6 cm³/mol. The van der Waals surface area contributed by atoms with Crippen LogP contribution in [0.15, 0.2) is 24.3 Å². The first-order chi connectivity index (χ1) is 8.38. The van der Waals surface area contributed by atoms with Crippen LogP contribution < -0.4 is 4.74 Å². The van der Waals surface area contributed by atoms with Gasteiger partial charge in [-0.1, -0.05) is 11.8 Å². The second-order valence-corrected chi connectivity index (χ2v) is 3.90. The summed E-state index contributed by atoms with van der Waals surface area (Å²) in [4.78, 5) is 0. The fraction of sp³-hybridized carbons (Fsp3) is 0.429. The Morgan fingerprint density at radius 2 is 2.12 bits per heavy atom. The van der Waals surface area contributed by atoms with Crippen LogP contribution in [0.1, 0.15) is 24.8 Å². The van der Waals surface area contributed by atoms with Gasteiger partial charge in [0.05, 0.1) is 6.61 Å². The summed E-state index contributed by atoms with van der Waals surface area (Å²) >= 11 is 0. The van der Waals surface area contributed by atoms with Crippen molar-refractivity contribution in [3.05, 3.63) is 29.8 Å². The van der Waals surface area contributed by atoms with Crippen molar-refractivity contribution in [1.29, 1.82) is 0 Å². The molecule has 1 heterocycles. The van der Waals surface area contributed by atoms with E-state index >= 15 is 0 Å². The molecule has 1 aliphatic heterocycles. The molecule has 0 aromatic heterocycles. The number of aliphatic hydroxyl groups excluding tert-OH is 1. The summed E-state index contributed by atoms with van der Waals surface area (Å²) < 4.78 is 11.2. The van der Waals surface area contributed by atoms with E-state index < -0.39 is 0 Å². The summed E-state index contributed by atoms with van der Waals surface area (Å²) in [5, 5.41) is 8.58. The molecule has 1 fully saturated rings. The molecule has 3 nitrogen and oxygen atoms in total. The maximum absolute atomic E-state index is 8.58. The second-order valence-electron chi connectivity index (χ2n) is 3.90. The van der Waals surface area contributed by atoms with E-state index in [1.807, 2.05) is 24.3 Å². The molecule has 1 unspecified atom stereocenters. The molecule has 1 aliphatic rings. The van der Waals surface area contributed by atoms with Crippen LogP contribution >= 0.6 is 0 Å². The third-order valence-electron chi connectivity index (χ3n) is 2.57. The zero-order valence-corrected chi connectivity index (χ0v) is 9.69. The summed E-state index contributed by atoms with van der Waals surface area (Å²) in [6.07, 6.45) is 3.12. The molecular formula is C14H16O3. The first-order valence-corrected chi connectivity index (χ1v) is 5.86. The van der Waals surface area contributed by atoms with Gasteiger partial charge in [0, 0.05) is 12.0 Å². The van der Waals surface area contributed by atoms with Crippen LogP contribution in [-0.4, -0.2) is 24.6 Å². The van der Waals surface area contributed by atoms with Crippen molar-refractivity contribution in [3.8, 4) is 17.6 Å². The third kappa shape index (κ3) is 3.77. The molecule has 17 heavy (non-hydrogen) atoms. The fourth-order valence-electron chi connectivity index (χ4n) is 1.71. The lowest BCUT2D eigenvalue weighted by molar-refractivity contribution is -0.105. The molecule has 0 amide bonds. The number of hydrogen-bond donors (Lipinski definition) is 1. The van der Waals surface area contributed by atoms with Crippen molar-refractivity contribution < 1.29 is 14.6 Å². The second kappa shape index (κ2) is 6.29. The van der Waals surface area contributed by atoms with Crippen molar-refractivity contribution in [2.75, 3.05) is 13.2 Å². The van der Waals surface area contributed by atoms with Crippen molar-refractivity contribution in [2.45, 2.75) is 25.6 Å². The third-order valence-corrected chi connectivity index (χ3v) is 2.57. The molecule has 3 heteroatoms. The maximum atomic E-state index is 8.58. The Balaban J connectivity index is 1.93. The van der Waals surface area contributed by atoms with Crippen molar-refractivity contribution in [2.24, 2.45) is 0 Å². The van der Waals surface area contributed by atoms with E-state index in [4.69, 9.17) is 14.6 Å². The molecule has 0 radical (unpaired) electrons. The fourth-order valence-corrected chi connectivity index (χ4v) is 1.71. The van der Waals surface area contributed by atoms with Gasteiger partial charge >= 0.3 is 0 Å². The lowest BCUT2D eigenvalue weighted by atomic mass is 10.2. The van der Waals surface area contributed by atoms with Gasteiger partial charge in [-0.15, -0.1) is 0 Å². The van der Waals surface area contributed by atoms with Gasteiger partial charge in [0.15, 0.2) is 6.29 Å². The molecule has 0 spiro atoms. The van der Waals surface area contributed by atoms with E-state index in [1.165, 1.54) is 0 Å². The summed E-state index contributed by atoms with van der Waals surface area (Å²) in [7, 11) is 0. The van der Waals surface area contributed by atoms with Gasteiger partial charge in [0.25, 0.3) is 0 Å². The van der Waals surface area contributed by atoms with Crippen LogP contribution in [0, 0.1) is 11.8 Å². The zero-order valence-electron chi connectivity index (χ0n) is 9.69. The van der Waals surface area contributed by atoms with Crippen molar-refractivity contribution in [1.82, 2.24) is 0 Å². The first-order valence-electron chi connectivity index (χ1n) is 5.86. The molecule has 0 saturated carbocycles. The Bertz CT molecular complexity index is 394. The van der Waals surface area contributed by atoms with Crippen LogP contribution in [0.5, 0.6) is 5.75 Å². The van der Waals surface area contributed by atoms with Gasteiger partial charge in [-0.3, -0.25) is 0 Å². The van der Waals surface area contributed by atoms with E-state index in [0.717, 1.165) is 37.2 Å². The van der Waals surface area contributed by atoms with E-state index in [9.17, 15) is 0 Å². The Morgan fingerprint density at radius 3 is 2.76 bits per heavy atom. The Morgan fingerprint density at radius 1 is 1.29 bits per heavy atom. The van der Waals surface area contributed by atoms with Gasteiger partial charge in [0.2, 0.25) is 0 Å². The lowest BCUT2D eigenvalue weighted by Crippen LogP contribution is -2.24. The van der Waals surface area contributed by atoms with Crippen molar-refractivity contribution in [3.63, 3.8) is 0 Å². The smallest absolute Gasteiger partial charge is 0.199 e. The quantitative estimate of drug-likeness (QED) is 0.792. The normalized spacial score (nSPS) is 19.2. The number of rotatable bonds is 2. The average Bonchev–Trinajstić information content (AvgIpc) is 2.39. The largest absolute Gasteiger partial charge is 0.465 e. The standard InChI is InChI=1S/C14H16O3/c15-10-3-4-12-6-8-13(9-7-12)17-14-5-1-2-11-16-14/h6-9,14-15H,1-2,5,10-11H2. The highest BCUT2D eigenvalue weighted by Gasteiger charge is 2.14. The maximum Gasteiger partial charge on any atom is 0.199 e. The molecule has 1 aromatic rings. The summed E-state index contributed by atoms with van der Waals surface area (Å²) in [5.74, 6) is 6.24. The van der Waals surface area contributed by atoms with Gasteiger partial charge in [-0.2, -0.15) is 0 Å². The summed E-state index contributed by atoms with van der Waals surface area (Å²) in [6, 6.07) is 7.50. The minimum absolute atomic E-state index is 0.113. The van der Waals surface area contributed by atoms with E-state index in [1.54, 1.807) is 0 Å². The van der Waals surface area contributed by atoms with Crippen LogP contribution in [0.4, 0.5) is 0 Å². The SMILES string of the molecule is OCC#Cc1ccc(OC2CCCCO2)cc1. The summed E-state index contributed by atoms with van der Waals surface area (Å²) in [6.45, 7) is 0.666. The highest BCUT2D eigenvalue weighted by Crippen LogP contribution is 2.19. The van der Waals surface area contributed by atoms with Crippen LogP contribution in [0.25, 0.3) is 0 Å². The number of aliphatic hydroxyl groups is 1. The predicted octanol–water partition coefficient (Wildman–Crippen LogP) is 1.94. The van der Waals surface area contributed by atoms with Crippen molar-refractivity contribution >= 4 is 0 Å². The number of hydrogen-bond acceptors (Lipinski definition) is 3. The molecule has 1 N–H and O–H groups in total. The number of ether oxygens (including phenoxy) is 2. The minimum atomic E-state index is -0.117. The molecule has 1 aromatic carbocycles. The molecule has 2 rings (SSSR count). The van der Waals surface area contributed by atoms with E-state index in [0.29, 0.717) is 0 Å². The molecule has 1 atom stereocenters. The Kier molecular flexibility index (Phi) is 4.43. The molecule has 90 valence electrons. The minimum Gasteiger partial charge on any atom is -0.465 e. The first kappa shape index (κ1) is 12.0. The Hall–Kier alpha value is -1.50. The van der Waals surface area contributed by atoms with Gasteiger partial charge in [0.1, 0.15) is 12.4 Å². The van der Waals surface area contributed by atoms with E-state index in [-0.39, 0.29) is 12.9 Å². The zero-order chi connectivity index (χ0) is 11.9. The van der Waals surface area contributed by atoms with Gasteiger partial charge < -0.3 is 14.6 Å². The average molecular weight is 232 g/mol. The van der Waals surface area contributed by atoms with Crippen LogP contribution in [-0.2, 0) is 4.74 Å². The molecule has 1 saturated heterocycles. The summed E-state index contributed by atoms with van der Waals surface area (Å²) in [5.41, 5.74) is 0.871. The number of benzene rings is 1. The van der Waals surface area contributed by atoms with E-state index in [2.05, 4.69) is 11.8 Å². The highest BCUT2D eigenvalue weighted by atomic mass is 16.7. The van der Waals surface area contributed by atoms with Gasteiger partial charge in [-0.25, -0.2) is 0 Å². The monoisotopic (exact) mass is 232 g/mol. The topological polar surface area (TPSA) is 38.7 Å². The molecule has 0 aliphatic carbocycles. The molecular weight excluding hydrogens is 216 g/mol. The molecule has 0 bridgehead atoms. The van der Waals surface area contributed by atoms with Gasteiger partial charge in [-0.05, 0) is 37.1 Å². The highest BCUT2D eigenvalue weighted by molar-refractivity contribution is 5.38.